The maximum atomic E-state index is 12.6. The van der Waals surface area contributed by atoms with Gasteiger partial charge in [-0.1, -0.05) is 115 Å². The summed E-state index contributed by atoms with van der Waals surface area (Å²) in [5.74, 6) is -0.119. The molecule has 0 saturated carbocycles. The molecular formula is C32H56F3N2O+. The van der Waals surface area contributed by atoms with Crippen molar-refractivity contribution < 1.29 is 22.4 Å². The lowest BCUT2D eigenvalue weighted by Crippen LogP contribution is -2.58. The first-order valence-corrected chi connectivity index (χ1v) is 15.8. The van der Waals surface area contributed by atoms with Gasteiger partial charge in [0.15, 0.2) is 0 Å². The number of halogens is 3. The number of likely N-dealkylation sites (N-methyl/N-ethyl adjacent to an activating group) is 1. The number of benzene rings is 1. The molecule has 1 saturated heterocycles. The largest absolute Gasteiger partial charge is 0.573 e. The number of alkyl halides is 3. The Kier molecular flexibility index (Phi) is 16.4. The van der Waals surface area contributed by atoms with Gasteiger partial charge < -0.3 is 9.22 Å². The molecule has 1 aromatic carbocycles. The Balaban J connectivity index is 1.48. The van der Waals surface area contributed by atoms with E-state index >= 15 is 0 Å². The van der Waals surface area contributed by atoms with Crippen molar-refractivity contribution in [1.82, 2.24) is 4.90 Å². The van der Waals surface area contributed by atoms with Crippen molar-refractivity contribution in [1.29, 1.82) is 0 Å². The van der Waals surface area contributed by atoms with E-state index in [1.165, 1.54) is 115 Å². The fourth-order valence-electron chi connectivity index (χ4n) is 5.85. The number of rotatable bonds is 21. The minimum Gasteiger partial charge on any atom is -0.406 e. The number of nitrogens with zero attached hydrogens (tertiary/aromatic N) is 2. The summed E-state index contributed by atoms with van der Waals surface area (Å²) < 4.78 is 42.8. The van der Waals surface area contributed by atoms with Crippen molar-refractivity contribution in [3.8, 4) is 5.75 Å². The van der Waals surface area contributed by atoms with Crippen molar-refractivity contribution in [2.24, 2.45) is 0 Å². The smallest absolute Gasteiger partial charge is 0.406 e. The van der Waals surface area contributed by atoms with Crippen molar-refractivity contribution in [2.45, 2.75) is 129 Å². The molecule has 220 valence electrons. The van der Waals surface area contributed by atoms with E-state index in [2.05, 4.69) is 23.5 Å². The Hall–Kier alpha value is -1.27. The predicted octanol–water partition coefficient (Wildman–Crippen LogP) is 9.50. The van der Waals surface area contributed by atoms with E-state index in [4.69, 9.17) is 0 Å². The van der Waals surface area contributed by atoms with Crippen molar-refractivity contribution in [3.05, 3.63) is 29.8 Å². The van der Waals surface area contributed by atoms with Crippen LogP contribution in [0.15, 0.2) is 24.3 Å². The van der Waals surface area contributed by atoms with E-state index in [-0.39, 0.29) is 5.75 Å². The molecule has 2 rings (SSSR count). The fraction of sp³-hybridized carbons (Fsp3) is 0.812. The monoisotopic (exact) mass is 541 g/mol. The van der Waals surface area contributed by atoms with Crippen LogP contribution in [0, 0.1) is 0 Å². The molecule has 0 N–H and O–H groups in total. The summed E-state index contributed by atoms with van der Waals surface area (Å²) in [4.78, 5) is 2.58. The minimum absolute atomic E-state index is 0.119. The zero-order valence-electron chi connectivity index (χ0n) is 24.5. The number of hydrogen-bond donors (Lipinski definition) is 0. The summed E-state index contributed by atoms with van der Waals surface area (Å²) in [7, 11) is 0. The van der Waals surface area contributed by atoms with Crippen LogP contribution in [0.1, 0.15) is 122 Å². The molecule has 0 bridgehead atoms. The van der Waals surface area contributed by atoms with Crippen LogP contribution in [0.3, 0.4) is 0 Å². The standard InChI is InChI=1S/C32H56F3N2O/c1-3-5-6-7-8-9-10-11-12-13-14-15-16-17-18-19-23-36-24-26-37(4-2,27-25-36)29-30-21-20-22-31(28-30)38-32(33,34)35/h20-22,28H,3-19,23-27,29H2,1-2H3/q+1. The highest BCUT2D eigenvalue weighted by molar-refractivity contribution is 5.28. The second kappa shape index (κ2) is 18.9. The molecule has 0 atom stereocenters. The number of hydrogen-bond acceptors (Lipinski definition) is 2. The third-order valence-corrected chi connectivity index (χ3v) is 8.43. The molecule has 1 aliphatic rings. The lowest BCUT2D eigenvalue weighted by atomic mass is 10.0. The van der Waals surface area contributed by atoms with Crippen LogP contribution in [-0.2, 0) is 6.54 Å². The van der Waals surface area contributed by atoms with Crippen LogP contribution in [-0.4, -0.2) is 55.0 Å². The number of ether oxygens (including phenoxy) is 1. The number of unbranched alkanes of at least 4 members (excludes halogenated alkanes) is 15. The first-order valence-electron chi connectivity index (χ1n) is 15.8. The summed E-state index contributed by atoms with van der Waals surface area (Å²) in [6, 6.07) is 6.51. The molecule has 0 aliphatic carbocycles. The van der Waals surface area contributed by atoms with E-state index in [0.717, 1.165) is 49.3 Å². The Morgan fingerprint density at radius 1 is 0.737 bits per heavy atom. The molecule has 1 aromatic rings. The molecule has 38 heavy (non-hydrogen) atoms. The van der Waals surface area contributed by atoms with Gasteiger partial charge >= 0.3 is 6.36 Å². The summed E-state index contributed by atoms with van der Waals surface area (Å²) in [6.45, 7) is 11.7. The van der Waals surface area contributed by atoms with Crippen LogP contribution in [0.4, 0.5) is 13.2 Å². The van der Waals surface area contributed by atoms with Crippen LogP contribution in [0.2, 0.25) is 0 Å². The maximum absolute atomic E-state index is 12.6. The highest BCUT2D eigenvalue weighted by Crippen LogP contribution is 2.26. The molecule has 6 heteroatoms. The molecule has 3 nitrogen and oxygen atoms in total. The summed E-state index contributed by atoms with van der Waals surface area (Å²) in [5.41, 5.74) is 0.917. The highest BCUT2D eigenvalue weighted by Gasteiger charge is 2.33. The normalized spacial score (nSPS) is 16.1. The number of quaternary nitrogens is 1. The van der Waals surface area contributed by atoms with E-state index < -0.39 is 6.36 Å². The minimum atomic E-state index is -4.64. The maximum Gasteiger partial charge on any atom is 0.573 e. The Bertz CT molecular complexity index is 717. The molecule has 1 aliphatic heterocycles. The fourth-order valence-corrected chi connectivity index (χ4v) is 5.85. The third kappa shape index (κ3) is 14.8. The van der Waals surface area contributed by atoms with E-state index in [1.54, 1.807) is 12.1 Å². The highest BCUT2D eigenvalue weighted by atomic mass is 19.4. The van der Waals surface area contributed by atoms with Gasteiger partial charge in [0.25, 0.3) is 0 Å². The SMILES string of the molecule is CCCCCCCCCCCCCCCCCCN1CC[N+](CC)(Cc2cccc(OC(F)(F)F)c2)CC1. The lowest BCUT2D eigenvalue weighted by molar-refractivity contribution is -0.943. The van der Waals surface area contributed by atoms with Crippen molar-refractivity contribution in [2.75, 3.05) is 39.3 Å². The van der Waals surface area contributed by atoms with Gasteiger partial charge in [0.2, 0.25) is 0 Å². The van der Waals surface area contributed by atoms with Gasteiger partial charge in [0, 0.05) is 18.7 Å². The first-order chi connectivity index (χ1) is 18.4. The third-order valence-electron chi connectivity index (χ3n) is 8.43. The van der Waals surface area contributed by atoms with Crippen LogP contribution in [0.25, 0.3) is 0 Å². The molecular weight excluding hydrogens is 485 g/mol. The topological polar surface area (TPSA) is 12.5 Å². The van der Waals surface area contributed by atoms with Gasteiger partial charge in [0.05, 0.1) is 19.6 Å². The van der Waals surface area contributed by atoms with Gasteiger partial charge in [-0.2, -0.15) is 0 Å². The van der Waals surface area contributed by atoms with E-state index in [9.17, 15) is 13.2 Å². The molecule has 0 amide bonds. The van der Waals surface area contributed by atoms with E-state index in [1.807, 2.05) is 6.07 Å². The average Bonchev–Trinajstić information content (AvgIpc) is 2.88. The predicted molar refractivity (Wildman–Crippen MR) is 153 cm³/mol. The van der Waals surface area contributed by atoms with Crippen LogP contribution >= 0.6 is 0 Å². The summed E-state index contributed by atoms with van der Waals surface area (Å²) in [6.07, 6.45) is 17.7. The van der Waals surface area contributed by atoms with Crippen LogP contribution in [0.5, 0.6) is 5.75 Å². The van der Waals surface area contributed by atoms with Gasteiger partial charge in [-0.3, -0.25) is 4.90 Å². The molecule has 0 aromatic heterocycles. The molecule has 0 radical (unpaired) electrons. The Labute approximate surface area is 231 Å². The van der Waals surface area contributed by atoms with Gasteiger partial charge in [-0.05, 0) is 32.0 Å². The summed E-state index contributed by atoms with van der Waals surface area (Å²) >= 11 is 0. The molecule has 0 spiro atoms. The van der Waals surface area contributed by atoms with Crippen LogP contribution < -0.4 is 4.74 Å². The zero-order chi connectivity index (χ0) is 27.5. The summed E-state index contributed by atoms with van der Waals surface area (Å²) in [5, 5.41) is 0. The second-order valence-electron chi connectivity index (χ2n) is 11.6. The van der Waals surface area contributed by atoms with E-state index in [0.29, 0.717) is 0 Å². The molecule has 0 unspecified atom stereocenters. The lowest BCUT2D eigenvalue weighted by Gasteiger charge is -2.44. The molecule has 1 heterocycles. The second-order valence-corrected chi connectivity index (χ2v) is 11.6. The van der Waals surface area contributed by atoms with Gasteiger partial charge in [-0.15, -0.1) is 13.2 Å². The van der Waals surface area contributed by atoms with Gasteiger partial charge in [-0.25, -0.2) is 0 Å². The van der Waals surface area contributed by atoms with Gasteiger partial charge in [0.1, 0.15) is 12.3 Å². The zero-order valence-corrected chi connectivity index (χ0v) is 24.5. The Morgan fingerprint density at radius 2 is 1.24 bits per heavy atom. The van der Waals surface area contributed by atoms with Crippen molar-refractivity contribution in [3.63, 3.8) is 0 Å². The average molecular weight is 542 g/mol. The first kappa shape index (κ1) is 32.9. The van der Waals surface area contributed by atoms with Crippen molar-refractivity contribution >= 4 is 0 Å². The molecule has 1 fully saturated rings. The quantitative estimate of drug-likeness (QED) is 0.113. The Morgan fingerprint density at radius 3 is 1.71 bits per heavy atom. The number of piperazine rings is 1.